The second-order valence-electron chi connectivity index (χ2n) is 20.5. The zero-order valence-corrected chi connectivity index (χ0v) is 59.6. The summed E-state index contributed by atoms with van der Waals surface area (Å²) in [5.74, 6) is -3.93. The van der Waals surface area contributed by atoms with Crippen LogP contribution in [-0.2, 0) is 50.3 Å². The van der Waals surface area contributed by atoms with Crippen LogP contribution in [0, 0.1) is 65.5 Å². The quantitative estimate of drug-likeness (QED) is 0.0770. The van der Waals surface area contributed by atoms with Crippen molar-refractivity contribution in [1.29, 1.82) is 0 Å². The number of aliphatic hydroxyl groups excluding tert-OH is 2. The summed E-state index contributed by atoms with van der Waals surface area (Å²) in [6, 6.07) is 64.5. The Bertz CT molecular complexity index is 5690. The molecule has 2 unspecified atom stereocenters. The Labute approximate surface area is 637 Å². The maximum Gasteiger partial charge on any atom is 0.522 e. The van der Waals surface area contributed by atoms with Crippen molar-refractivity contribution in [3.05, 3.63) is 282 Å². The molecular formula is C80H76F3Ir2N7O7S-4. The molecule has 0 bridgehead atoms. The monoisotopic (exact) mass is 1740 g/mol. The van der Waals surface area contributed by atoms with E-state index in [2.05, 4.69) is 65.2 Å². The molecule has 9 aromatic heterocycles. The van der Waals surface area contributed by atoms with Gasteiger partial charge in [-0.05, 0) is 146 Å². The third-order valence-corrected chi connectivity index (χ3v) is 14.2. The minimum atomic E-state index is -5.84. The van der Waals surface area contributed by atoms with Crippen LogP contribution in [0.25, 0.3) is 100 Å². The normalized spacial score (nSPS) is 15.5. The number of aliphatic hydroxyl groups is 2. The molecule has 0 amide bonds. The molecular weight excluding hydrogens is 1640 g/mol. The van der Waals surface area contributed by atoms with Gasteiger partial charge in [-0.1, -0.05) is 98.7 Å². The van der Waals surface area contributed by atoms with Crippen LogP contribution in [0.2, 0.25) is 0 Å². The fraction of sp³-hybridized carbons (Fsp3) is 0.188. The molecule has 0 fully saturated rings. The van der Waals surface area contributed by atoms with Crippen LogP contribution in [0.15, 0.2) is 222 Å². The Morgan fingerprint density at radius 3 is 1.43 bits per heavy atom. The minimum Gasteiger partial charge on any atom is -0.486 e. The molecule has 20 heteroatoms. The first-order valence-corrected chi connectivity index (χ1v) is 30.6. The summed E-state index contributed by atoms with van der Waals surface area (Å²) in [6.07, 6.45) is 8.85. The van der Waals surface area contributed by atoms with Gasteiger partial charge >= 0.3 is 15.6 Å². The van der Waals surface area contributed by atoms with Crippen LogP contribution in [0.4, 0.5) is 13.2 Å². The topological polar surface area (TPSA) is 211 Å². The third kappa shape index (κ3) is 22.1. The molecule has 5 aromatic carbocycles. The molecule has 0 saturated heterocycles. The van der Waals surface area contributed by atoms with Gasteiger partial charge in [0.15, 0.2) is 0 Å². The maximum atomic E-state index is 10.7. The standard InChI is InChI=1S/C21H20N2O.C20H17N2O.3C12H10N.CHF3O3S.2CH4O.2Ir/c1-12(2)18-11-22-19(10-13(18)3)17-7-5-6-15-16-9-8-14(4)23-21(16)24-20(15)17;1-12(2)17-11-22-18(10-13(17)3)16-7-4-6-14-15-8-5-9-21-20(15)23-19(14)16;3*1-10-7-8-12(13-9-10)11-5-3-2-4-6-11;2-1(3,4)8(5,6)7;2*1-2;;/h5-12H,1-4H3;4-6,8-12H,1-3H3;3*2-5,7-9H,1H3;(H,5,6,7);2*2H,1H3;;/q;4*-1;;;;;/i1D3,4D3,12D;1D3,3D3,12D;2*1D3;;;;;;. The number of hydrogen-bond acceptors (Lipinski definition) is 13. The summed E-state index contributed by atoms with van der Waals surface area (Å²) in [6.45, 7) is -8.06. The number of hydrogen-bond donors (Lipinski definition) is 3. The smallest absolute Gasteiger partial charge is 0.486 e. The number of alkyl halides is 3. The molecule has 0 spiro atoms. The number of pyridine rings is 7. The number of furan rings is 2. The molecule has 0 aliphatic rings. The molecule has 0 aliphatic carbocycles. The summed E-state index contributed by atoms with van der Waals surface area (Å²) >= 11 is 0. The zero-order valence-electron chi connectivity index (χ0n) is 74.0. The Morgan fingerprint density at radius 1 is 0.480 bits per heavy atom. The first-order chi connectivity index (χ1) is 55.0. The number of aryl methyl sites for hydroxylation is 6. The van der Waals surface area contributed by atoms with Crippen molar-refractivity contribution in [3.8, 4) is 56.3 Å². The van der Waals surface area contributed by atoms with Crippen LogP contribution in [-0.4, -0.2) is 77.8 Å². The van der Waals surface area contributed by atoms with E-state index in [0.717, 1.165) is 70.3 Å². The zero-order chi connectivity index (χ0) is 88.0. The van der Waals surface area contributed by atoms with Gasteiger partial charge in [-0.15, -0.1) is 126 Å². The van der Waals surface area contributed by atoms with E-state index in [1.807, 2.05) is 110 Å². The van der Waals surface area contributed by atoms with Crippen LogP contribution >= 0.6 is 0 Å². The first-order valence-electron chi connectivity index (χ1n) is 39.2. The average Bonchev–Trinajstić information content (AvgIpc) is 1.56. The Hall–Kier alpha value is -9.33. The van der Waals surface area contributed by atoms with Crippen molar-refractivity contribution >= 4 is 54.3 Å². The second-order valence-corrected chi connectivity index (χ2v) is 21.9. The van der Waals surface area contributed by atoms with Gasteiger partial charge in [-0.2, -0.15) is 21.6 Å². The van der Waals surface area contributed by atoms with Gasteiger partial charge < -0.3 is 39.0 Å². The van der Waals surface area contributed by atoms with Crippen molar-refractivity contribution in [2.75, 3.05) is 14.2 Å². The van der Waals surface area contributed by atoms with Crippen molar-refractivity contribution in [3.63, 3.8) is 0 Å². The minimum absolute atomic E-state index is 0. The number of benzene rings is 5. The van der Waals surface area contributed by atoms with Gasteiger partial charge in [0.05, 0.1) is 11.3 Å². The fourth-order valence-electron chi connectivity index (χ4n) is 9.03. The number of aromatic nitrogens is 7. The summed E-state index contributed by atoms with van der Waals surface area (Å²) in [5, 5.41) is 17.0. The van der Waals surface area contributed by atoms with Crippen molar-refractivity contribution in [2.45, 2.75) is 86.1 Å². The molecule has 522 valence electrons. The van der Waals surface area contributed by atoms with E-state index < -0.39 is 68.5 Å². The fourth-order valence-corrected chi connectivity index (χ4v) is 9.03. The molecule has 2 atom stereocenters. The van der Waals surface area contributed by atoms with Crippen molar-refractivity contribution < 1.29 is 113 Å². The summed E-state index contributed by atoms with van der Waals surface area (Å²) < 4.78 is 222. The van der Waals surface area contributed by atoms with E-state index >= 15 is 0 Å². The van der Waals surface area contributed by atoms with Crippen LogP contribution < -0.4 is 0 Å². The van der Waals surface area contributed by atoms with Gasteiger partial charge in [0.2, 0.25) is 11.4 Å². The summed E-state index contributed by atoms with van der Waals surface area (Å²) in [7, 11) is -3.84. The summed E-state index contributed by atoms with van der Waals surface area (Å²) in [4.78, 5) is 29.7. The number of rotatable bonds is 7. The largest absolute Gasteiger partial charge is 0.522 e. The molecule has 0 saturated carbocycles. The number of fused-ring (bicyclic) bond motifs is 6. The number of halogens is 3. The molecule has 2 radical (unpaired) electrons. The molecule has 14 nitrogen and oxygen atoms in total. The van der Waals surface area contributed by atoms with E-state index in [0.29, 0.717) is 50.2 Å². The van der Waals surface area contributed by atoms with Crippen LogP contribution in [0.1, 0.15) is 111 Å². The summed E-state index contributed by atoms with van der Waals surface area (Å²) in [5.41, 5.74) is 5.43. The van der Waals surface area contributed by atoms with Crippen LogP contribution in [0.3, 0.4) is 0 Å². The van der Waals surface area contributed by atoms with Crippen molar-refractivity contribution in [1.82, 2.24) is 34.9 Å². The number of para-hydroxylation sites is 1. The van der Waals surface area contributed by atoms with Gasteiger partial charge in [-0.25, -0.2) is 9.97 Å². The van der Waals surface area contributed by atoms with Crippen molar-refractivity contribution in [2.24, 2.45) is 0 Å². The predicted octanol–water partition coefficient (Wildman–Crippen LogP) is 19.2. The Balaban J connectivity index is 0.000000266. The molecule has 3 N–H and O–H groups in total. The van der Waals surface area contributed by atoms with Gasteiger partial charge in [0, 0.05) is 146 Å². The van der Waals surface area contributed by atoms with E-state index in [1.54, 1.807) is 73.8 Å². The third-order valence-electron chi connectivity index (χ3n) is 13.6. The van der Waals surface area contributed by atoms with E-state index in [1.165, 1.54) is 50.1 Å². The predicted molar refractivity (Wildman–Crippen MR) is 384 cm³/mol. The molecule has 14 rings (SSSR count). The maximum absolute atomic E-state index is 10.7. The van der Waals surface area contributed by atoms with E-state index in [4.69, 9.17) is 59.4 Å². The second kappa shape index (κ2) is 38.9. The Kier molecular flexibility index (Phi) is 21.6. The van der Waals surface area contributed by atoms with E-state index in [9.17, 15) is 13.2 Å². The van der Waals surface area contributed by atoms with Gasteiger partial charge in [0.1, 0.15) is 5.58 Å². The SMILES string of the molecule is CO.CO.Cc1ccc(-c2[c-]cccc2)nc1.O=S(=O)(O)C(F)(F)F.[2H]C([2H])([2H])c1cc(-c2[c-]ccc3c2oc2ncccc23)ncc1C([2H])(C)C([2H])([2H])[2H].[2H]C([2H])([2H])c1ccc(-c2[c-]cccc2)nc1.[2H]C([2H])([2H])c1ccc(-c2[c-]cccc2)nc1.[2H]C([2H])([2H])c1ccc2c(n1)oc1c(-c3cc(C)c(C([2H])(C)C([2H])([2H])[2H])cn3)cccc12.[Ir].[Ir]. The van der Waals surface area contributed by atoms with E-state index in [-0.39, 0.29) is 79.6 Å². The van der Waals surface area contributed by atoms with Crippen LogP contribution in [0.5, 0.6) is 0 Å². The molecule has 0 aliphatic heterocycles. The van der Waals surface area contributed by atoms with Gasteiger partial charge in [-0.3, -0.25) is 9.54 Å². The molecule has 14 aromatic rings. The van der Waals surface area contributed by atoms with Gasteiger partial charge in [0.25, 0.3) is 0 Å². The molecule has 100 heavy (non-hydrogen) atoms. The first kappa shape index (κ1) is 55.4. The Morgan fingerprint density at radius 2 is 0.960 bits per heavy atom. The number of nitrogens with zero attached hydrogens (tertiary/aromatic N) is 7. The molecule has 9 heterocycles. The average molecular weight is 1740 g/mol.